The molecule has 1 aromatic heterocycles. The molecule has 5 rings (SSSR count). The number of nitrogens with zero attached hydrogens (tertiary/aromatic N) is 3. The van der Waals surface area contributed by atoms with E-state index < -0.39 is 0 Å². The molecule has 4 aromatic rings. The van der Waals surface area contributed by atoms with Gasteiger partial charge in [0.25, 0.3) is 5.91 Å². The van der Waals surface area contributed by atoms with Gasteiger partial charge in [-0.3, -0.25) is 24.2 Å². The van der Waals surface area contributed by atoms with Gasteiger partial charge in [0, 0.05) is 18.4 Å². The lowest BCUT2D eigenvalue weighted by atomic mass is 10.1. The Morgan fingerprint density at radius 3 is 2.48 bits per heavy atom. The molecule has 1 saturated heterocycles. The lowest BCUT2D eigenvalue weighted by Crippen LogP contribution is -2.31. The number of aryl methyl sites for hydroxylation is 1. The Kier molecular flexibility index (Phi) is 5.48. The van der Waals surface area contributed by atoms with Crippen LogP contribution in [0.5, 0.6) is 0 Å². The van der Waals surface area contributed by atoms with Gasteiger partial charge >= 0.3 is 0 Å². The van der Waals surface area contributed by atoms with Crippen molar-refractivity contribution in [3.05, 3.63) is 89.5 Å². The fourth-order valence-electron chi connectivity index (χ4n) is 3.93. The molecule has 33 heavy (non-hydrogen) atoms. The minimum atomic E-state index is -0.243. The molecular weight excluding hydrogens is 434 g/mol. The van der Waals surface area contributed by atoms with Gasteiger partial charge in [-0.1, -0.05) is 53.8 Å². The molecule has 1 fully saturated rings. The largest absolute Gasteiger partial charge is 0.279 e. The van der Waals surface area contributed by atoms with Crippen LogP contribution in [-0.2, 0) is 16.1 Å². The van der Waals surface area contributed by atoms with E-state index >= 15 is 0 Å². The molecule has 3 amide bonds. The maximum atomic E-state index is 13.7. The fourth-order valence-corrected chi connectivity index (χ4v) is 4.99. The van der Waals surface area contributed by atoms with Crippen LogP contribution in [0, 0.1) is 6.92 Å². The number of aromatic nitrogens is 1. The maximum absolute atomic E-state index is 13.7. The molecule has 7 heteroatoms. The topological polar surface area (TPSA) is 70.6 Å². The summed E-state index contributed by atoms with van der Waals surface area (Å²) in [7, 11) is 0. The third kappa shape index (κ3) is 4.15. The molecule has 2 heterocycles. The summed E-state index contributed by atoms with van der Waals surface area (Å²) in [5, 5.41) is 0.600. The number of carbonyl (C=O) groups is 3. The zero-order valence-corrected chi connectivity index (χ0v) is 18.8. The van der Waals surface area contributed by atoms with Crippen LogP contribution in [-0.4, -0.2) is 22.7 Å². The van der Waals surface area contributed by atoms with Gasteiger partial charge in [0.1, 0.15) is 0 Å². The third-order valence-corrected chi connectivity index (χ3v) is 6.64. The van der Waals surface area contributed by atoms with Crippen molar-refractivity contribution in [2.24, 2.45) is 0 Å². The zero-order chi connectivity index (χ0) is 22.9. The van der Waals surface area contributed by atoms with E-state index in [2.05, 4.69) is 6.07 Å². The number of carbonyl (C=O) groups excluding carboxylic acids is 3. The Morgan fingerprint density at radius 1 is 0.970 bits per heavy atom. The van der Waals surface area contributed by atoms with Crippen LogP contribution in [0.2, 0.25) is 0 Å². The second kappa shape index (κ2) is 8.60. The van der Waals surface area contributed by atoms with E-state index in [1.54, 1.807) is 29.2 Å². The number of anilines is 2. The highest BCUT2D eigenvalue weighted by Crippen LogP contribution is 2.32. The van der Waals surface area contributed by atoms with Crippen molar-refractivity contribution in [1.82, 2.24) is 4.98 Å². The van der Waals surface area contributed by atoms with Crippen molar-refractivity contribution in [2.75, 3.05) is 9.80 Å². The van der Waals surface area contributed by atoms with Crippen LogP contribution in [0.25, 0.3) is 10.2 Å². The Labute approximate surface area is 195 Å². The lowest BCUT2D eigenvalue weighted by Gasteiger charge is -2.21. The minimum Gasteiger partial charge on any atom is -0.279 e. The number of amides is 3. The van der Waals surface area contributed by atoms with Crippen LogP contribution in [0.4, 0.5) is 10.8 Å². The molecule has 1 aliphatic rings. The van der Waals surface area contributed by atoms with E-state index in [0.717, 1.165) is 21.3 Å². The van der Waals surface area contributed by atoms with Crippen LogP contribution in [0.1, 0.15) is 34.3 Å². The van der Waals surface area contributed by atoms with Gasteiger partial charge in [-0.05, 0) is 48.4 Å². The van der Waals surface area contributed by atoms with Crippen molar-refractivity contribution >= 4 is 50.1 Å². The van der Waals surface area contributed by atoms with Crippen molar-refractivity contribution in [2.45, 2.75) is 26.3 Å². The molecule has 0 atom stereocenters. The summed E-state index contributed by atoms with van der Waals surface area (Å²) in [6, 6.07) is 22.5. The molecule has 0 N–H and O–H groups in total. The van der Waals surface area contributed by atoms with E-state index in [0.29, 0.717) is 22.9 Å². The molecule has 0 radical (unpaired) electrons. The van der Waals surface area contributed by atoms with Gasteiger partial charge in [-0.25, -0.2) is 4.98 Å². The van der Waals surface area contributed by atoms with Crippen LogP contribution in [0.15, 0.2) is 72.8 Å². The highest BCUT2D eigenvalue weighted by molar-refractivity contribution is 7.22. The second-order valence-corrected chi connectivity index (χ2v) is 9.03. The Morgan fingerprint density at radius 2 is 1.73 bits per heavy atom. The Hall–Kier alpha value is -3.84. The maximum Gasteiger partial charge on any atom is 0.260 e. The first kappa shape index (κ1) is 21.0. The van der Waals surface area contributed by atoms with E-state index in [9.17, 15) is 14.4 Å². The number of hydrogen-bond acceptors (Lipinski definition) is 5. The SMILES string of the molecule is Cc1ccc2nc(N(Cc3ccccc3)C(=O)c3cccc(N4C(=O)CCC4=O)c3)sc2c1. The first-order chi connectivity index (χ1) is 16.0. The molecular formula is C26H21N3O3S. The predicted molar refractivity (Wildman–Crippen MR) is 129 cm³/mol. The van der Waals surface area contributed by atoms with Gasteiger partial charge in [-0.15, -0.1) is 0 Å². The molecule has 0 aliphatic carbocycles. The average molecular weight is 456 g/mol. The van der Waals surface area contributed by atoms with Gasteiger partial charge in [0.15, 0.2) is 5.13 Å². The normalized spacial score (nSPS) is 13.7. The van der Waals surface area contributed by atoms with Gasteiger partial charge in [0.05, 0.1) is 22.4 Å². The van der Waals surface area contributed by atoms with Crippen molar-refractivity contribution < 1.29 is 14.4 Å². The standard InChI is InChI=1S/C26H21N3O3S/c1-17-10-11-21-22(14-17)33-26(27-21)28(16-18-6-3-2-4-7-18)25(32)19-8-5-9-20(15-19)29-23(30)12-13-24(29)31/h2-11,14-15H,12-13,16H2,1H3. The summed E-state index contributed by atoms with van der Waals surface area (Å²) < 4.78 is 1.01. The first-order valence-electron chi connectivity index (χ1n) is 10.7. The molecule has 6 nitrogen and oxygen atoms in total. The molecule has 0 bridgehead atoms. The molecule has 0 spiro atoms. The number of rotatable bonds is 5. The number of fused-ring (bicyclic) bond motifs is 1. The van der Waals surface area contributed by atoms with Gasteiger partial charge < -0.3 is 0 Å². The average Bonchev–Trinajstić information content (AvgIpc) is 3.39. The summed E-state index contributed by atoms with van der Waals surface area (Å²) >= 11 is 1.47. The molecule has 0 saturated carbocycles. The lowest BCUT2D eigenvalue weighted by molar-refractivity contribution is -0.121. The summed E-state index contributed by atoms with van der Waals surface area (Å²) in [6.07, 6.45) is 0.393. The van der Waals surface area contributed by atoms with Crippen molar-refractivity contribution in [1.29, 1.82) is 0 Å². The van der Waals surface area contributed by atoms with Crippen LogP contribution >= 0.6 is 11.3 Å². The highest BCUT2D eigenvalue weighted by atomic mass is 32.1. The van der Waals surface area contributed by atoms with Gasteiger partial charge in [-0.2, -0.15) is 0 Å². The molecule has 3 aromatic carbocycles. The van der Waals surface area contributed by atoms with Crippen LogP contribution < -0.4 is 9.80 Å². The second-order valence-electron chi connectivity index (χ2n) is 8.02. The smallest absolute Gasteiger partial charge is 0.260 e. The summed E-state index contributed by atoms with van der Waals surface area (Å²) in [5.41, 5.74) is 3.77. The molecule has 0 unspecified atom stereocenters. The number of benzene rings is 3. The summed E-state index contributed by atoms with van der Waals surface area (Å²) in [6.45, 7) is 2.38. The summed E-state index contributed by atoms with van der Waals surface area (Å²) in [5.74, 6) is -0.727. The van der Waals surface area contributed by atoms with Crippen molar-refractivity contribution in [3.63, 3.8) is 0 Å². The van der Waals surface area contributed by atoms with Crippen LogP contribution in [0.3, 0.4) is 0 Å². The molecule has 164 valence electrons. The van der Waals surface area contributed by atoms with E-state index in [1.807, 2.05) is 49.4 Å². The monoisotopic (exact) mass is 455 g/mol. The highest BCUT2D eigenvalue weighted by Gasteiger charge is 2.31. The van der Waals surface area contributed by atoms with E-state index in [4.69, 9.17) is 4.98 Å². The fraction of sp³-hybridized carbons (Fsp3) is 0.154. The minimum absolute atomic E-state index is 0.197. The predicted octanol–water partition coefficient (Wildman–Crippen LogP) is 5.11. The quantitative estimate of drug-likeness (QED) is 0.392. The molecule has 1 aliphatic heterocycles. The van der Waals surface area contributed by atoms with E-state index in [1.165, 1.54) is 16.2 Å². The zero-order valence-electron chi connectivity index (χ0n) is 18.0. The first-order valence-corrected chi connectivity index (χ1v) is 11.5. The summed E-state index contributed by atoms with van der Waals surface area (Å²) in [4.78, 5) is 45.7. The van der Waals surface area contributed by atoms with E-state index in [-0.39, 0.29) is 30.6 Å². The van der Waals surface area contributed by atoms with Gasteiger partial charge in [0.2, 0.25) is 11.8 Å². The number of hydrogen-bond donors (Lipinski definition) is 0. The Balaban J connectivity index is 1.54. The third-order valence-electron chi connectivity index (χ3n) is 5.60. The van der Waals surface area contributed by atoms with Crippen molar-refractivity contribution in [3.8, 4) is 0 Å². The number of imide groups is 1. The Bertz CT molecular complexity index is 1360. The number of thiazole rings is 1.